The summed E-state index contributed by atoms with van der Waals surface area (Å²) in [5.74, 6) is 7.34. The number of carbonyl (C=O) groups is 1. The smallest absolute Gasteiger partial charge is 0.242 e. The zero-order chi connectivity index (χ0) is 23.9. The van der Waals surface area contributed by atoms with Gasteiger partial charge in [0.15, 0.2) is 0 Å². The summed E-state index contributed by atoms with van der Waals surface area (Å²) in [6, 6.07) is 13.1. The molecule has 0 spiro atoms. The second-order valence-electron chi connectivity index (χ2n) is 8.27. The predicted octanol–water partition coefficient (Wildman–Crippen LogP) is 2.24. The number of anilines is 2. The summed E-state index contributed by atoms with van der Waals surface area (Å²) in [6.45, 7) is 5.59. The van der Waals surface area contributed by atoms with Crippen LogP contribution in [0, 0.1) is 11.8 Å². The number of hydrogen-bond acceptors (Lipinski definition) is 7. The van der Waals surface area contributed by atoms with Gasteiger partial charge >= 0.3 is 0 Å². The van der Waals surface area contributed by atoms with E-state index in [0.717, 1.165) is 48.8 Å². The molecular weight excluding hydrogens is 426 g/mol. The van der Waals surface area contributed by atoms with Crippen molar-refractivity contribution in [1.29, 1.82) is 0 Å². The standard InChI is InChI=1S/C26H29N7O/c1-19(27-2)25(34)31-24-12-10-22(23(30-24)11-9-20-7-5-4-6-8-20)21-17-28-26(29-18-21)33-15-13-32(3)14-16-33/h4-8,10,12,17-19,27H,13-16H2,1-3H3,(H,30,31,34). The Morgan fingerprint density at radius 2 is 1.71 bits per heavy atom. The highest BCUT2D eigenvalue weighted by molar-refractivity contribution is 5.94. The zero-order valence-electron chi connectivity index (χ0n) is 19.7. The van der Waals surface area contributed by atoms with Crippen molar-refractivity contribution in [2.45, 2.75) is 13.0 Å². The van der Waals surface area contributed by atoms with Crippen LogP contribution in [-0.2, 0) is 4.79 Å². The molecule has 1 atom stereocenters. The van der Waals surface area contributed by atoms with E-state index in [2.05, 4.69) is 54.3 Å². The van der Waals surface area contributed by atoms with Crippen molar-refractivity contribution in [3.8, 4) is 23.0 Å². The lowest BCUT2D eigenvalue weighted by Crippen LogP contribution is -2.45. The Hall–Kier alpha value is -3.80. The number of nitrogens with one attached hydrogen (secondary N) is 2. The fourth-order valence-electron chi connectivity index (χ4n) is 3.51. The third kappa shape index (κ3) is 5.76. The fourth-order valence-corrected chi connectivity index (χ4v) is 3.51. The molecule has 1 aromatic carbocycles. The van der Waals surface area contributed by atoms with Gasteiger partial charge in [0.1, 0.15) is 11.5 Å². The van der Waals surface area contributed by atoms with Gasteiger partial charge in [-0.2, -0.15) is 0 Å². The molecule has 1 fully saturated rings. The minimum absolute atomic E-state index is 0.162. The molecule has 2 N–H and O–H groups in total. The average Bonchev–Trinajstić information content (AvgIpc) is 2.88. The van der Waals surface area contributed by atoms with Gasteiger partial charge in [-0.25, -0.2) is 15.0 Å². The molecule has 0 bridgehead atoms. The van der Waals surface area contributed by atoms with E-state index in [0.29, 0.717) is 11.5 Å². The Balaban J connectivity index is 1.64. The summed E-state index contributed by atoms with van der Waals surface area (Å²) < 4.78 is 0. The number of nitrogens with zero attached hydrogens (tertiary/aromatic N) is 5. The molecule has 1 unspecified atom stereocenters. The molecule has 174 valence electrons. The van der Waals surface area contributed by atoms with Crippen LogP contribution in [0.5, 0.6) is 0 Å². The van der Waals surface area contributed by atoms with Crippen molar-refractivity contribution in [2.24, 2.45) is 0 Å². The van der Waals surface area contributed by atoms with Crippen LogP contribution in [-0.4, -0.2) is 72.1 Å². The van der Waals surface area contributed by atoms with E-state index in [9.17, 15) is 4.79 Å². The molecular formula is C26H29N7O. The van der Waals surface area contributed by atoms with Gasteiger partial charge in [-0.3, -0.25) is 4.79 Å². The Bertz CT molecular complexity index is 1180. The van der Waals surface area contributed by atoms with Crippen molar-refractivity contribution in [3.05, 3.63) is 66.1 Å². The van der Waals surface area contributed by atoms with Crippen LogP contribution in [0.1, 0.15) is 18.2 Å². The first-order valence-electron chi connectivity index (χ1n) is 11.4. The number of hydrogen-bond donors (Lipinski definition) is 2. The molecule has 8 heteroatoms. The summed E-state index contributed by atoms with van der Waals surface area (Å²) in [6.07, 6.45) is 3.62. The van der Waals surface area contributed by atoms with Crippen LogP contribution in [0.4, 0.5) is 11.8 Å². The maximum absolute atomic E-state index is 12.3. The first-order chi connectivity index (χ1) is 16.5. The number of rotatable bonds is 5. The predicted molar refractivity (Wildman–Crippen MR) is 135 cm³/mol. The number of benzene rings is 1. The highest BCUT2D eigenvalue weighted by Gasteiger charge is 2.17. The third-order valence-corrected chi connectivity index (χ3v) is 5.81. The first kappa shape index (κ1) is 23.4. The zero-order valence-corrected chi connectivity index (χ0v) is 19.7. The summed E-state index contributed by atoms with van der Waals surface area (Å²) in [5, 5.41) is 5.77. The van der Waals surface area contributed by atoms with E-state index >= 15 is 0 Å². The Morgan fingerprint density at radius 1 is 1.00 bits per heavy atom. The molecule has 34 heavy (non-hydrogen) atoms. The van der Waals surface area contributed by atoms with Gasteiger partial charge in [-0.05, 0) is 51.2 Å². The molecule has 1 aliphatic rings. The molecule has 3 aromatic rings. The van der Waals surface area contributed by atoms with E-state index in [4.69, 9.17) is 0 Å². The molecule has 8 nitrogen and oxygen atoms in total. The number of likely N-dealkylation sites (N-methyl/N-ethyl adjacent to an activating group) is 2. The van der Waals surface area contributed by atoms with Gasteiger partial charge in [-0.15, -0.1) is 0 Å². The van der Waals surface area contributed by atoms with Crippen molar-refractivity contribution >= 4 is 17.7 Å². The number of pyridine rings is 1. The highest BCUT2D eigenvalue weighted by atomic mass is 16.2. The second kappa shape index (κ2) is 10.9. The maximum atomic E-state index is 12.3. The Labute approximate surface area is 200 Å². The second-order valence-corrected chi connectivity index (χ2v) is 8.27. The molecule has 1 amide bonds. The van der Waals surface area contributed by atoms with Gasteiger partial charge in [0.2, 0.25) is 11.9 Å². The highest BCUT2D eigenvalue weighted by Crippen LogP contribution is 2.24. The van der Waals surface area contributed by atoms with E-state index in [-0.39, 0.29) is 11.9 Å². The minimum atomic E-state index is -0.337. The molecule has 4 rings (SSSR count). The SMILES string of the molecule is CNC(C)C(=O)Nc1ccc(-c2cnc(N3CCN(C)CC3)nc2)c(C#Cc2ccccc2)n1. The van der Waals surface area contributed by atoms with Crippen LogP contribution in [0.2, 0.25) is 0 Å². The normalized spacial score (nSPS) is 14.7. The Kier molecular flexibility index (Phi) is 7.48. The third-order valence-electron chi connectivity index (χ3n) is 5.81. The monoisotopic (exact) mass is 455 g/mol. The van der Waals surface area contributed by atoms with Crippen molar-refractivity contribution < 1.29 is 4.79 Å². The molecule has 1 aliphatic heterocycles. The number of aromatic nitrogens is 3. The summed E-state index contributed by atoms with van der Waals surface area (Å²) in [7, 11) is 3.86. The fraction of sp³-hybridized carbons (Fsp3) is 0.308. The molecule has 1 saturated heterocycles. The average molecular weight is 456 g/mol. The van der Waals surface area contributed by atoms with E-state index in [1.54, 1.807) is 20.0 Å². The Morgan fingerprint density at radius 3 is 2.38 bits per heavy atom. The van der Waals surface area contributed by atoms with Gasteiger partial charge in [0.05, 0.1) is 6.04 Å². The van der Waals surface area contributed by atoms with E-state index < -0.39 is 0 Å². The molecule has 2 aromatic heterocycles. The largest absolute Gasteiger partial charge is 0.338 e. The van der Waals surface area contributed by atoms with Crippen molar-refractivity contribution in [2.75, 3.05) is 50.5 Å². The lowest BCUT2D eigenvalue weighted by Gasteiger charge is -2.32. The van der Waals surface area contributed by atoms with Gasteiger partial charge < -0.3 is 20.4 Å². The summed E-state index contributed by atoms with van der Waals surface area (Å²) in [4.78, 5) is 30.7. The van der Waals surface area contributed by atoms with Gasteiger partial charge in [0, 0.05) is 55.3 Å². The quantitative estimate of drug-likeness (QED) is 0.571. The van der Waals surface area contributed by atoms with Crippen LogP contribution >= 0.6 is 0 Å². The topological polar surface area (TPSA) is 86.3 Å². The van der Waals surface area contributed by atoms with Crippen molar-refractivity contribution in [3.63, 3.8) is 0 Å². The van der Waals surface area contributed by atoms with E-state index in [1.807, 2.05) is 48.8 Å². The molecule has 0 saturated carbocycles. The lowest BCUT2D eigenvalue weighted by molar-refractivity contribution is -0.117. The van der Waals surface area contributed by atoms with Crippen LogP contribution in [0.25, 0.3) is 11.1 Å². The van der Waals surface area contributed by atoms with Crippen LogP contribution in [0.15, 0.2) is 54.9 Å². The molecule has 0 aliphatic carbocycles. The first-order valence-corrected chi connectivity index (χ1v) is 11.4. The minimum Gasteiger partial charge on any atom is -0.338 e. The van der Waals surface area contributed by atoms with Crippen LogP contribution < -0.4 is 15.5 Å². The molecule has 0 radical (unpaired) electrons. The molecule has 3 heterocycles. The maximum Gasteiger partial charge on any atom is 0.242 e. The number of amides is 1. The number of piperazine rings is 1. The van der Waals surface area contributed by atoms with Gasteiger partial charge in [0.25, 0.3) is 0 Å². The lowest BCUT2D eigenvalue weighted by atomic mass is 10.1. The van der Waals surface area contributed by atoms with Gasteiger partial charge in [-0.1, -0.05) is 24.1 Å². The summed E-state index contributed by atoms with van der Waals surface area (Å²) >= 11 is 0. The van der Waals surface area contributed by atoms with E-state index in [1.165, 1.54) is 0 Å². The number of carbonyl (C=O) groups excluding carboxylic acids is 1. The van der Waals surface area contributed by atoms with Crippen molar-refractivity contribution in [1.82, 2.24) is 25.2 Å². The van der Waals surface area contributed by atoms with Crippen LogP contribution in [0.3, 0.4) is 0 Å². The summed E-state index contributed by atoms with van der Waals surface area (Å²) in [5.41, 5.74) is 3.07.